The first kappa shape index (κ1) is 16.0. The lowest BCUT2D eigenvalue weighted by Crippen LogP contribution is -1.99. The van der Waals surface area contributed by atoms with Crippen LogP contribution >= 0.6 is 0 Å². The van der Waals surface area contributed by atoms with Crippen LogP contribution in [0.25, 0.3) is 27.7 Å². The van der Waals surface area contributed by atoms with Crippen molar-refractivity contribution in [1.29, 1.82) is 0 Å². The van der Waals surface area contributed by atoms with Crippen molar-refractivity contribution < 1.29 is 23.4 Å². The number of phenols is 2. The molecule has 0 aliphatic rings. The maximum absolute atomic E-state index is 14.3. The number of hydrogen-bond donors (Lipinski definition) is 2. The zero-order chi connectivity index (χ0) is 18.4. The van der Waals surface area contributed by atoms with Gasteiger partial charge in [0.2, 0.25) is 5.95 Å². The Morgan fingerprint density at radius 1 is 0.846 bits per heavy atom. The van der Waals surface area contributed by atoms with Crippen LogP contribution in [-0.4, -0.2) is 20.0 Å². The fourth-order valence-corrected chi connectivity index (χ4v) is 2.82. The maximum atomic E-state index is 14.3. The van der Waals surface area contributed by atoms with Gasteiger partial charge < -0.3 is 10.2 Å². The molecule has 0 saturated carbocycles. The van der Waals surface area contributed by atoms with E-state index in [4.69, 9.17) is 0 Å². The molecule has 0 saturated heterocycles. The van der Waals surface area contributed by atoms with E-state index in [1.54, 1.807) is 48.5 Å². The van der Waals surface area contributed by atoms with E-state index in [-0.39, 0.29) is 16.7 Å². The SMILES string of the molecule is Oc1cccc(-c2ccc(-n3nc(F)c4cc(F)c(O)c(F)c43)cc2)c1. The third-order valence-corrected chi connectivity index (χ3v) is 4.08. The number of rotatable bonds is 2. The predicted octanol–water partition coefficient (Wildman–Crippen LogP) is 4.52. The Kier molecular flexibility index (Phi) is 3.57. The molecule has 0 spiro atoms. The fourth-order valence-electron chi connectivity index (χ4n) is 2.82. The number of phenolic OH excluding ortho intramolecular Hbond substituents is 2. The Labute approximate surface area is 145 Å². The smallest absolute Gasteiger partial charge is 0.241 e. The highest BCUT2D eigenvalue weighted by Gasteiger charge is 2.21. The van der Waals surface area contributed by atoms with Gasteiger partial charge in [0, 0.05) is 0 Å². The van der Waals surface area contributed by atoms with Crippen LogP contribution in [-0.2, 0) is 0 Å². The van der Waals surface area contributed by atoms with Gasteiger partial charge in [-0.3, -0.25) is 0 Å². The number of nitrogens with zero attached hydrogens (tertiary/aromatic N) is 2. The molecule has 0 unspecified atom stereocenters. The molecule has 1 aromatic heterocycles. The Morgan fingerprint density at radius 2 is 1.58 bits per heavy atom. The van der Waals surface area contributed by atoms with Gasteiger partial charge in [0.15, 0.2) is 17.4 Å². The molecule has 7 heteroatoms. The van der Waals surface area contributed by atoms with Crippen molar-refractivity contribution in [2.45, 2.75) is 0 Å². The van der Waals surface area contributed by atoms with Gasteiger partial charge in [-0.1, -0.05) is 24.3 Å². The summed E-state index contributed by atoms with van der Waals surface area (Å²) in [6, 6.07) is 13.9. The second-order valence-electron chi connectivity index (χ2n) is 5.72. The summed E-state index contributed by atoms with van der Waals surface area (Å²) in [6.07, 6.45) is 0. The first-order valence-electron chi connectivity index (χ1n) is 7.61. The van der Waals surface area contributed by atoms with Crippen LogP contribution in [0.5, 0.6) is 11.5 Å². The lowest BCUT2D eigenvalue weighted by atomic mass is 10.1. The lowest BCUT2D eigenvalue weighted by Gasteiger charge is -2.07. The van der Waals surface area contributed by atoms with Crippen LogP contribution in [0.15, 0.2) is 54.6 Å². The molecule has 3 aromatic carbocycles. The molecule has 0 aliphatic heterocycles. The number of halogens is 3. The van der Waals surface area contributed by atoms with E-state index in [2.05, 4.69) is 5.10 Å². The number of fused-ring (bicyclic) bond motifs is 1. The van der Waals surface area contributed by atoms with Crippen LogP contribution in [0.4, 0.5) is 13.2 Å². The van der Waals surface area contributed by atoms with E-state index in [9.17, 15) is 23.4 Å². The van der Waals surface area contributed by atoms with Crippen molar-refractivity contribution in [3.8, 4) is 28.3 Å². The molecule has 1 heterocycles. The van der Waals surface area contributed by atoms with Crippen molar-refractivity contribution in [1.82, 2.24) is 9.78 Å². The molecular weight excluding hydrogens is 345 g/mol. The standard InChI is InChI=1S/C19H11F3N2O2/c20-15-9-14-17(16(21)18(15)26)24(23-19(14)22)12-6-4-10(5-7-12)11-2-1-3-13(25)8-11/h1-9,25-26H. The molecule has 26 heavy (non-hydrogen) atoms. The number of aromatic hydroxyl groups is 2. The average molecular weight is 356 g/mol. The summed E-state index contributed by atoms with van der Waals surface area (Å²) in [7, 11) is 0. The monoisotopic (exact) mass is 356 g/mol. The molecule has 0 atom stereocenters. The number of hydrogen-bond acceptors (Lipinski definition) is 3. The Bertz CT molecular complexity index is 1140. The second-order valence-corrected chi connectivity index (χ2v) is 5.72. The van der Waals surface area contributed by atoms with Gasteiger partial charge in [-0.15, -0.1) is 5.10 Å². The fraction of sp³-hybridized carbons (Fsp3) is 0. The quantitative estimate of drug-likeness (QED) is 0.555. The van der Waals surface area contributed by atoms with E-state index in [0.717, 1.165) is 15.8 Å². The molecule has 2 N–H and O–H groups in total. The van der Waals surface area contributed by atoms with E-state index in [0.29, 0.717) is 11.8 Å². The summed E-state index contributed by atoms with van der Waals surface area (Å²) in [5.41, 5.74) is 1.51. The first-order chi connectivity index (χ1) is 12.5. The summed E-state index contributed by atoms with van der Waals surface area (Å²) in [4.78, 5) is 0. The van der Waals surface area contributed by atoms with Gasteiger partial charge in [-0.25, -0.2) is 13.5 Å². The van der Waals surface area contributed by atoms with Gasteiger partial charge in [-0.05, 0) is 41.5 Å². The van der Waals surface area contributed by atoms with Crippen LogP contribution in [0.1, 0.15) is 0 Å². The van der Waals surface area contributed by atoms with E-state index < -0.39 is 23.3 Å². The summed E-state index contributed by atoms with van der Waals surface area (Å²) in [5.74, 6) is -4.66. The molecule has 4 rings (SSSR count). The van der Waals surface area contributed by atoms with Gasteiger partial charge in [0.05, 0.1) is 11.1 Å². The van der Waals surface area contributed by atoms with Crippen molar-refractivity contribution in [2.24, 2.45) is 0 Å². The van der Waals surface area contributed by atoms with Gasteiger partial charge in [0.25, 0.3) is 0 Å². The zero-order valence-corrected chi connectivity index (χ0v) is 13.1. The van der Waals surface area contributed by atoms with Crippen molar-refractivity contribution in [3.63, 3.8) is 0 Å². The van der Waals surface area contributed by atoms with E-state index in [1.807, 2.05) is 0 Å². The third kappa shape index (κ3) is 2.45. The Hall–Kier alpha value is -3.48. The average Bonchev–Trinajstić information content (AvgIpc) is 2.96. The van der Waals surface area contributed by atoms with Crippen LogP contribution in [0.2, 0.25) is 0 Å². The summed E-state index contributed by atoms with van der Waals surface area (Å²) >= 11 is 0. The molecule has 0 amide bonds. The number of benzene rings is 3. The van der Waals surface area contributed by atoms with Crippen molar-refractivity contribution in [2.75, 3.05) is 0 Å². The lowest BCUT2D eigenvalue weighted by molar-refractivity contribution is 0.399. The molecule has 4 aromatic rings. The topological polar surface area (TPSA) is 58.3 Å². The molecule has 0 aliphatic carbocycles. The van der Waals surface area contributed by atoms with Crippen LogP contribution in [0.3, 0.4) is 0 Å². The Morgan fingerprint density at radius 3 is 2.27 bits per heavy atom. The molecule has 0 radical (unpaired) electrons. The second kappa shape index (κ2) is 5.80. The van der Waals surface area contributed by atoms with Gasteiger partial charge >= 0.3 is 0 Å². The minimum absolute atomic E-state index is 0.117. The highest BCUT2D eigenvalue weighted by molar-refractivity contribution is 5.83. The van der Waals surface area contributed by atoms with Crippen molar-refractivity contribution >= 4 is 10.9 Å². The summed E-state index contributed by atoms with van der Waals surface area (Å²) in [5, 5.41) is 22.3. The van der Waals surface area contributed by atoms with E-state index in [1.165, 1.54) is 0 Å². The Balaban J connectivity index is 1.85. The maximum Gasteiger partial charge on any atom is 0.241 e. The van der Waals surface area contributed by atoms with Crippen LogP contribution in [0, 0.1) is 17.6 Å². The highest BCUT2D eigenvalue weighted by Crippen LogP contribution is 2.32. The van der Waals surface area contributed by atoms with Crippen molar-refractivity contribution in [3.05, 3.63) is 72.2 Å². The van der Waals surface area contributed by atoms with Gasteiger partial charge in [-0.2, -0.15) is 4.39 Å². The number of aromatic nitrogens is 2. The predicted molar refractivity (Wildman–Crippen MR) is 89.7 cm³/mol. The third-order valence-electron chi connectivity index (χ3n) is 4.08. The summed E-state index contributed by atoms with van der Waals surface area (Å²) < 4.78 is 42.7. The molecule has 0 bridgehead atoms. The molecule has 4 nitrogen and oxygen atoms in total. The molecule has 0 fully saturated rings. The minimum Gasteiger partial charge on any atom is -0.508 e. The normalized spacial score (nSPS) is 11.2. The zero-order valence-electron chi connectivity index (χ0n) is 13.1. The molecular formula is C19H11F3N2O2. The summed E-state index contributed by atoms with van der Waals surface area (Å²) in [6.45, 7) is 0. The minimum atomic E-state index is -1.28. The van der Waals surface area contributed by atoms with Gasteiger partial charge in [0.1, 0.15) is 11.3 Å². The highest BCUT2D eigenvalue weighted by atomic mass is 19.1. The van der Waals surface area contributed by atoms with E-state index >= 15 is 0 Å². The van der Waals surface area contributed by atoms with Crippen LogP contribution < -0.4 is 0 Å². The molecule has 130 valence electrons. The largest absolute Gasteiger partial charge is 0.508 e. The first-order valence-corrected chi connectivity index (χ1v) is 7.61.